The van der Waals surface area contributed by atoms with E-state index in [0.717, 1.165) is 23.3 Å². The third kappa shape index (κ3) is 2.71. The summed E-state index contributed by atoms with van der Waals surface area (Å²) in [6.45, 7) is 7.77. The number of hydrogen-bond acceptors (Lipinski definition) is 3. The summed E-state index contributed by atoms with van der Waals surface area (Å²) in [6, 6.07) is 7.93. The van der Waals surface area contributed by atoms with Crippen LogP contribution in [0.1, 0.15) is 48.0 Å². The van der Waals surface area contributed by atoms with Crippen LogP contribution in [0, 0.1) is 0 Å². The second-order valence-electron chi connectivity index (χ2n) is 6.58. The molecule has 4 heteroatoms. The summed E-state index contributed by atoms with van der Waals surface area (Å²) >= 11 is 0. The molecule has 1 aromatic carbocycles. The maximum Gasteiger partial charge on any atom is 0.254 e. The van der Waals surface area contributed by atoms with Gasteiger partial charge in [-0.2, -0.15) is 0 Å². The quantitative estimate of drug-likeness (QED) is 0.808. The van der Waals surface area contributed by atoms with Crippen molar-refractivity contribution in [2.24, 2.45) is 0 Å². The van der Waals surface area contributed by atoms with E-state index in [4.69, 9.17) is 4.52 Å². The molecule has 110 valence electrons. The third-order valence-corrected chi connectivity index (χ3v) is 3.98. The molecule has 1 aliphatic rings. The Morgan fingerprint density at radius 2 is 1.95 bits per heavy atom. The smallest absolute Gasteiger partial charge is 0.254 e. The van der Waals surface area contributed by atoms with E-state index in [2.05, 4.69) is 25.9 Å². The maximum absolute atomic E-state index is 12.6. The van der Waals surface area contributed by atoms with E-state index in [9.17, 15) is 4.79 Å². The highest BCUT2D eigenvalue weighted by Gasteiger charge is 2.24. The third-order valence-electron chi connectivity index (χ3n) is 3.98. The molecule has 0 saturated carbocycles. The second-order valence-corrected chi connectivity index (χ2v) is 6.58. The van der Waals surface area contributed by atoms with Crippen LogP contribution in [0.25, 0.3) is 0 Å². The average Bonchev–Trinajstić information content (AvgIpc) is 2.93. The normalized spacial score (nSPS) is 14.9. The van der Waals surface area contributed by atoms with Crippen molar-refractivity contribution in [3.05, 3.63) is 52.9 Å². The number of nitrogens with zero attached hydrogens (tertiary/aromatic N) is 2. The summed E-state index contributed by atoms with van der Waals surface area (Å²) in [5.41, 5.74) is 3.09. The average molecular weight is 284 g/mol. The number of benzene rings is 1. The lowest BCUT2D eigenvalue weighted by molar-refractivity contribution is 0.0729. The Labute approximate surface area is 124 Å². The number of rotatable bonds is 1. The van der Waals surface area contributed by atoms with Gasteiger partial charge in [-0.15, -0.1) is 0 Å². The molecule has 0 N–H and O–H groups in total. The van der Waals surface area contributed by atoms with Gasteiger partial charge in [0.15, 0.2) is 0 Å². The lowest BCUT2D eigenvalue weighted by Gasteiger charge is -2.26. The van der Waals surface area contributed by atoms with Gasteiger partial charge in [-0.25, -0.2) is 0 Å². The lowest BCUT2D eigenvalue weighted by atomic mass is 9.86. The largest absolute Gasteiger partial charge is 0.361 e. The number of amides is 1. The zero-order valence-corrected chi connectivity index (χ0v) is 12.7. The van der Waals surface area contributed by atoms with Gasteiger partial charge in [0.1, 0.15) is 5.76 Å². The molecule has 0 radical (unpaired) electrons. The molecule has 21 heavy (non-hydrogen) atoms. The van der Waals surface area contributed by atoms with E-state index < -0.39 is 0 Å². The van der Waals surface area contributed by atoms with Crippen molar-refractivity contribution in [1.29, 1.82) is 0 Å². The van der Waals surface area contributed by atoms with Crippen molar-refractivity contribution in [2.45, 2.75) is 39.2 Å². The van der Waals surface area contributed by atoms with Gasteiger partial charge < -0.3 is 9.42 Å². The summed E-state index contributed by atoms with van der Waals surface area (Å²) in [5, 5.41) is 3.80. The summed E-state index contributed by atoms with van der Waals surface area (Å²) < 4.78 is 5.15. The van der Waals surface area contributed by atoms with Gasteiger partial charge in [-0.1, -0.05) is 38.1 Å². The van der Waals surface area contributed by atoms with Crippen LogP contribution < -0.4 is 0 Å². The Kier molecular flexibility index (Phi) is 3.32. The fourth-order valence-electron chi connectivity index (χ4n) is 2.61. The number of carbonyl (C=O) groups excluding carboxylic acids is 1. The van der Waals surface area contributed by atoms with Gasteiger partial charge in [0.25, 0.3) is 5.91 Å². The highest BCUT2D eigenvalue weighted by Crippen LogP contribution is 2.24. The molecule has 1 aromatic heterocycles. The van der Waals surface area contributed by atoms with Crippen molar-refractivity contribution in [1.82, 2.24) is 10.1 Å². The van der Waals surface area contributed by atoms with Gasteiger partial charge in [0.05, 0.1) is 12.7 Å². The zero-order valence-electron chi connectivity index (χ0n) is 12.7. The fourth-order valence-corrected chi connectivity index (χ4v) is 2.61. The van der Waals surface area contributed by atoms with E-state index in [0.29, 0.717) is 13.1 Å². The molecule has 0 bridgehead atoms. The van der Waals surface area contributed by atoms with Crippen LogP contribution in [0.2, 0.25) is 0 Å². The first-order valence-electron chi connectivity index (χ1n) is 7.27. The SMILES string of the molecule is CC(C)(C)c1ccc(C(=O)N2CCc3oncc3C2)cc1. The number of carbonyl (C=O) groups is 1. The molecular weight excluding hydrogens is 264 g/mol. The minimum absolute atomic E-state index is 0.0716. The predicted octanol–water partition coefficient (Wildman–Crippen LogP) is 3.17. The molecule has 0 atom stereocenters. The molecule has 0 spiro atoms. The molecule has 0 unspecified atom stereocenters. The first-order valence-corrected chi connectivity index (χ1v) is 7.27. The Balaban J connectivity index is 1.77. The van der Waals surface area contributed by atoms with Crippen LogP contribution in [0.15, 0.2) is 35.0 Å². The topological polar surface area (TPSA) is 46.3 Å². The molecule has 2 heterocycles. The van der Waals surface area contributed by atoms with E-state index in [1.165, 1.54) is 5.56 Å². The molecule has 1 amide bonds. The van der Waals surface area contributed by atoms with Gasteiger partial charge in [0.2, 0.25) is 0 Å². The van der Waals surface area contributed by atoms with Crippen LogP contribution in [0.4, 0.5) is 0 Å². The molecular formula is C17H20N2O2. The van der Waals surface area contributed by atoms with E-state index in [-0.39, 0.29) is 11.3 Å². The Bertz CT molecular complexity index is 650. The van der Waals surface area contributed by atoms with Crippen molar-refractivity contribution in [3.8, 4) is 0 Å². The standard InChI is InChI=1S/C17H20N2O2/c1-17(2,3)14-6-4-12(5-7-14)16(20)19-9-8-15-13(11-19)10-18-21-15/h4-7,10H,8-9,11H2,1-3H3. The Morgan fingerprint density at radius 1 is 1.24 bits per heavy atom. The summed E-state index contributed by atoms with van der Waals surface area (Å²) in [6.07, 6.45) is 2.44. The molecule has 0 aliphatic carbocycles. The molecule has 4 nitrogen and oxygen atoms in total. The van der Waals surface area contributed by atoms with Crippen molar-refractivity contribution in [2.75, 3.05) is 6.54 Å². The Morgan fingerprint density at radius 3 is 2.62 bits per heavy atom. The number of aromatic nitrogens is 1. The fraction of sp³-hybridized carbons (Fsp3) is 0.412. The highest BCUT2D eigenvalue weighted by molar-refractivity contribution is 5.94. The van der Waals surface area contributed by atoms with Gasteiger partial charge >= 0.3 is 0 Å². The molecule has 0 saturated heterocycles. The van der Waals surface area contributed by atoms with E-state index in [1.54, 1.807) is 6.20 Å². The Hall–Kier alpha value is -2.10. The van der Waals surface area contributed by atoms with Crippen LogP contribution in [0.5, 0.6) is 0 Å². The van der Waals surface area contributed by atoms with Crippen LogP contribution in [-0.2, 0) is 18.4 Å². The van der Waals surface area contributed by atoms with Crippen molar-refractivity contribution < 1.29 is 9.32 Å². The predicted molar refractivity (Wildman–Crippen MR) is 80.1 cm³/mol. The van der Waals surface area contributed by atoms with Crippen LogP contribution in [0.3, 0.4) is 0 Å². The molecule has 3 rings (SSSR count). The molecule has 0 fully saturated rings. The molecule has 1 aliphatic heterocycles. The first-order chi connectivity index (χ1) is 9.95. The van der Waals surface area contributed by atoms with Gasteiger partial charge in [0, 0.05) is 24.1 Å². The number of fused-ring (bicyclic) bond motifs is 1. The monoisotopic (exact) mass is 284 g/mol. The number of hydrogen-bond donors (Lipinski definition) is 0. The van der Waals surface area contributed by atoms with E-state index >= 15 is 0 Å². The minimum Gasteiger partial charge on any atom is -0.361 e. The van der Waals surface area contributed by atoms with Gasteiger partial charge in [-0.3, -0.25) is 4.79 Å². The molecule has 2 aromatic rings. The summed E-state index contributed by atoms with van der Waals surface area (Å²) in [4.78, 5) is 14.4. The minimum atomic E-state index is 0.0716. The second kappa shape index (κ2) is 5.02. The zero-order chi connectivity index (χ0) is 15.0. The lowest BCUT2D eigenvalue weighted by Crippen LogP contribution is -2.35. The van der Waals surface area contributed by atoms with Crippen molar-refractivity contribution in [3.63, 3.8) is 0 Å². The van der Waals surface area contributed by atoms with Crippen molar-refractivity contribution >= 4 is 5.91 Å². The summed E-state index contributed by atoms with van der Waals surface area (Å²) in [5.74, 6) is 0.976. The maximum atomic E-state index is 12.6. The van der Waals surface area contributed by atoms with Crippen LogP contribution >= 0.6 is 0 Å². The van der Waals surface area contributed by atoms with E-state index in [1.807, 2.05) is 29.2 Å². The van der Waals surface area contributed by atoms with Crippen LogP contribution in [-0.4, -0.2) is 22.5 Å². The van der Waals surface area contributed by atoms with Gasteiger partial charge in [-0.05, 0) is 23.1 Å². The summed E-state index contributed by atoms with van der Waals surface area (Å²) in [7, 11) is 0. The highest BCUT2D eigenvalue weighted by atomic mass is 16.5. The first kappa shape index (κ1) is 13.9.